The number of rotatable bonds is 5. The largest absolute Gasteiger partial charge is 0.463 e. The second-order valence-electron chi connectivity index (χ2n) is 6.26. The van der Waals surface area contributed by atoms with Crippen molar-refractivity contribution < 1.29 is 17.9 Å². The van der Waals surface area contributed by atoms with E-state index in [1.54, 1.807) is 30.6 Å². The summed E-state index contributed by atoms with van der Waals surface area (Å²) in [5.74, 6) is 0.452. The lowest BCUT2D eigenvalue weighted by Crippen LogP contribution is -2.35. The Morgan fingerprint density at radius 3 is 2.28 bits per heavy atom. The van der Waals surface area contributed by atoms with Crippen LogP contribution in [0.2, 0.25) is 0 Å². The summed E-state index contributed by atoms with van der Waals surface area (Å²) in [6.07, 6.45) is 1.00. The van der Waals surface area contributed by atoms with Crippen molar-refractivity contribution in [2.45, 2.75) is 25.6 Å². The number of nitrogens with zero attached hydrogens (tertiary/aromatic N) is 3. The SMILES string of the molecule is FC(F)(F)c1ccc(CN2CCC(COc3ncccn3)CC2)cc1. The first-order valence-corrected chi connectivity index (χ1v) is 8.29. The Morgan fingerprint density at radius 1 is 1.04 bits per heavy atom. The van der Waals surface area contributed by atoms with Gasteiger partial charge in [0.25, 0.3) is 0 Å². The third-order valence-corrected chi connectivity index (χ3v) is 4.38. The molecule has 1 saturated heterocycles. The maximum atomic E-state index is 12.6. The molecule has 0 atom stereocenters. The third kappa shape index (κ3) is 5.16. The highest BCUT2D eigenvalue weighted by molar-refractivity contribution is 5.24. The number of aromatic nitrogens is 2. The molecular formula is C18H20F3N3O. The van der Waals surface area contributed by atoms with Crippen LogP contribution in [0, 0.1) is 5.92 Å². The molecule has 0 unspecified atom stereocenters. The number of alkyl halides is 3. The van der Waals surface area contributed by atoms with Crippen LogP contribution >= 0.6 is 0 Å². The van der Waals surface area contributed by atoms with Gasteiger partial charge in [-0.05, 0) is 55.6 Å². The molecular weight excluding hydrogens is 331 g/mol. The van der Waals surface area contributed by atoms with Crippen molar-refractivity contribution in [2.75, 3.05) is 19.7 Å². The minimum atomic E-state index is -4.28. The van der Waals surface area contributed by atoms with Crippen LogP contribution in [0.1, 0.15) is 24.0 Å². The van der Waals surface area contributed by atoms with Gasteiger partial charge >= 0.3 is 12.2 Å². The molecule has 1 fully saturated rings. The molecule has 0 radical (unpaired) electrons. The van der Waals surface area contributed by atoms with Crippen LogP contribution < -0.4 is 4.74 Å². The Kier molecular flexibility index (Phi) is 5.53. The first-order valence-electron chi connectivity index (χ1n) is 8.29. The van der Waals surface area contributed by atoms with E-state index in [4.69, 9.17) is 4.74 Å². The van der Waals surface area contributed by atoms with Gasteiger partial charge in [-0.25, -0.2) is 9.97 Å². The highest BCUT2D eigenvalue weighted by Gasteiger charge is 2.30. The summed E-state index contributed by atoms with van der Waals surface area (Å²) < 4.78 is 43.4. The predicted molar refractivity (Wildman–Crippen MR) is 87.0 cm³/mol. The van der Waals surface area contributed by atoms with Crippen molar-refractivity contribution in [1.82, 2.24) is 14.9 Å². The number of ether oxygens (including phenoxy) is 1. The van der Waals surface area contributed by atoms with E-state index in [1.807, 2.05) is 0 Å². The van der Waals surface area contributed by atoms with E-state index >= 15 is 0 Å². The molecule has 134 valence electrons. The maximum Gasteiger partial charge on any atom is 0.416 e. The van der Waals surface area contributed by atoms with Gasteiger partial charge in [0.15, 0.2) is 0 Å². The number of hydrogen-bond donors (Lipinski definition) is 0. The zero-order valence-electron chi connectivity index (χ0n) is 13.7. The van der Waals surface area contributed by atoms with Gasteiger partial charge in [0.05, 0.1) is 12.2 Å². The van der Waals surface area contributed by atoms with E-state index in [0.717, 1.165) is 43.6 Å². The van der Waals surface area contributed by atoms with Crippen LogP contribution in [0.4, 0.5) is 13.2 Å². The number of hydrogen-bond acceptors (Lipinski definition) is 4. The molecule has 0 N–H and O–H groups in total. The quantitative estimate of drug-likeness (QED) is 0.822. The number of benzene rings is 1. The summed E-state index contributed by atoms with van der Waals surface area (Å²) >= 11 is 0. The fourth-order valence-corrected chi connectivity index (χ4v) is 2.92. The molecule has 1 aliphatic heterocycles. The van der Waals surface area contributed by atoms with Crippen LogP contribution in [0.25, 0.3) is 0 Å². The highest BCUT2D eigenvalue weighted by Crippen LogP contribution is 2.29. The van der Waals surface area contributed by atoms with Gasteiger partial charge in [0.1, 0.15) is 0 Å². The summed E-state index contributed by atoms with van der Waals surface area (Å²) in [6, 6.07) is 7.56. The second kappa shape index (κ2) is 7.82. The minimum absolute atomic E-state index is 0.398. The van der Waals surface area contributed by atoms with Crippen LogP contribution in [0.5, 0.6) is 6.01 Å². The van der Waals surface area contributed by atoms with E-state index in [1.165, 1.54) is 0 Å². The van der Waals surface area contributed by atoms with Gasteiger partial charge in [-0.3, -0.25) is 4.90 Å². The molecule has 25 heavy (non-hydrogen) atoms. The van der Waals surface area contributed by atoms with E-state index < -0.39 is 11.7 Å². The van der Waals surface area contributed by atoms with Crippen molar-refractivity contribution >= 4 is 0 Å². The van der Waals surface area contributed by atoms with Crippen molar-refractivity contribution in [3.05, 3.63) is 53.9 Å². The molecule has 0 bridgehead atoms. The number of piperidine rings is 1. The standard InChI is InChI=1S/C18H20F3N3O/c19-18(20,21)16-4-2-14(3-5-16)12-24-10-6-15(7-11-24)13-25-17-22-8-1-9-23-17/h1-5,8-9,15H,6-7,10-13H2. The van der Waals surface area contributed by atoms with E-state index in [0.29, 0.717) is 25.1 Å². The molecule has 0 spiro atoms. The lowest BCUT2D eigenvalue weighted by molar-refractivity contribution is -0.137. The fourth-order valence-electron chi connectivity index (χ4n) is 2.92. The average Bonchev–Trinajstić information content (AvgIpc) is 2.62. The van der Waals surface area contributed by atoms with Crippen LogP contribution in [-0.4, -0.2) is 34.6 Å². The Bertz CT molecular complexity index is 654. The van der Waals surface area contributed by atoms with Crippen molar-refractivity contribution in [3.63, 3.8) is 0 Å². The minimum Gasteiger partial charge on any atom is -0.463 e. The van der Waals surface area contributed by atoms with E-state index in [2.05, 4.69) is 14.9 Å². The number of likely N-dealkylation sites (tertiary alicyclic amines) is 1. The molecule has 1 aromatic heterocycles. The van der Waals surface area contributed by atoms with Gasteiger partial charge in [-0.15, -0.1) is 0 Å². The fraction of sp³-hybridized carbons (Fsp3) is 0.444. The molecule has 1 aromatic carbocycles. The molecule has 2 heterocycles. The first-order chi connectivity index (χ1) is 12.0. The van der Waals surface area contributed by atoms with Crippen molar-refractivity contribution in [1.29, 1.82) is 0 Å². The predicted octanol–water partition coefficient (Wildman–Crippen LogP) is 3.79. The van der Waals surface area contributed by atoms with Gasteiger partial charge in [-0.1, -0.05) is 12.1 Å². The molecule has 0 amide bonds. The van der Waals surface area contributed by atoms with Crippen molar-refractivity contribution in [3.8, 4) is 6.01 Å². The topological polar surface area (TPSA) is 38.2 Å². The highest BCUT2D eigenvalue weighted by atomic mass is 19.4. The molecule has 7 heteroatoms. The zero-order valence-corrected chi connectivity index (χ0v) is 13.7. The average molecular weight is 351 g/mol. The van der Waals surface area contributed by atoms with Crippen LogP contribution in [0.3, 0.4) is 0 Å². The summed E-state index contributed by atoms with van der Waals surface area (Å²) in [5.41, 5.74) is 0.302. The Balaban J connectivity index is 1.43. The van der Waals surface area contributed by atoms with Gasteiger partial charge in [-0.2, -0.15) is 13.2 Å². The van der Waals surface area contributed by atoms with Gasteiger partial charge < -0.3 is 4.74 Å². The number of halogens is 3. The molecule has 1 aliphatic rings. The lowest BCUT2D eigenvalue weighted by atomic mass is 9.97. The molecule has 0 aliphatic carbocycles. The van der Waals surface area contributed by atoms with Gasteiger partial charge in [0, 0.05) is 18.9 Å². The zero-order chi connectivity index (χ0) is 17.7. The summed E-state index contributed by atoms with van der Waals surface area (Å²) in [5, 5.41) is 0. The first kappa shape index (κ1) is 17.7. The summed E-state index contributed by atoms with van der Waals surface area (Å²) in [6.45, 7) is 3.08. The molecule has 2 aromatic rings. The van der Waals surface area contributed by atoms with E-state index in [-0.39, 0.29) is 0 Å². The van der Waals surface area contributed by atoms with Gasteiger partial charge in [0.2, 0.25) is 0 Å². The van der Waals surface area contributed by atoms with E-state index in [9.17, 15) is 13.2 Å². The monoisotopic (exact) mass is 351 g/mol. The van der Waals surface area contributed by atoms with Crippen molar-refractivity contribution in [2.24, 2.45) is 5.92 Å². The Labute approximate surface area is 144 Å². The Hall–Kier alpha value is -2.15. The molecule has 0 saturated carbocycles. The summed E-state index contributed by atoms with van der Waals surface area (Å²) in [7, 11) is 0. The smallest absolute Gasteiger partial charge is 0.416 e. The maximum absolute atomic E-state index is 12.6. The summed E-state index contributed by atoms with van der Waals surface area (Å²) in [4.78, 5) is 10.3. The molecule has 3 rings (SSSR count). The van der Waals surface area contributed by atoms with Crippen LogP contribution in [0.15, 0.2) is 42.7 Å². The van der Waals surface area contributed by atoms with Crippen LogP contribution in [-0.2, 0) is 12.7 Å². The normalized spacial score (nSPS) is 16.8. The Morgan fingerprint density at radius 2 is 1.68 bits per heavy atom. The third-order valence-electron chi connectivity index (χ3n) is 4.38. The lowest BCUT2D eigenvalue weighted by Gasteiger charge is -2.31. The second-order valence-corrected chi connectivity index (χ2v) is 6.26. The molecule has 4 nitrogen and oxygen atoms in total.